The Labute approximate surface area is 205 Å². The van der Waals surface area contributed by atoms with E-state index in [1.54, 1.807) is 10.9 Å². The molecule has 3 rings (SSSR count). The molecule has 196 valence electrons. The third-order valence-electron chi connectivity index (χ3n) is 6.09. The fourth-order valence-electron chi connectivity index (χ4n) is 3.98. The number of nitrogens with one attached hydrogen (secondary N) is 5. The lowest BCUT2D eigenvalue weighted by Crippen LogP contribution is -2.40. The van der Waals surface area contributed by atoms with Gasteiger partial charge in [-0.05, 0) is 57.9 Å². The molecule has 0 aliphatic carbocycles. The molecule has 1 aliphatic rings. The highest BCUT2D eigenvalue weighted by Gasteiger charge is 2.15. The molecule has 1 aliphatic heterocycles. The monoisotopic (exact) mass is 492 g/mol. The van der Waals surface area contributed by atoms with E-state index in [0.29, 0.717) is 25.2 Å². The summed E-state index contributed by atoms with van der Waals surface area (Å²) in [5.41, 5.74) is 5.85. The summed E-state index contributed by atoms with van der Waals surface area (Å²) >= 11 is 0. The molecule has 13 heteroatoms. The SMILES string of the molecule is NCC(CO)CCn1cnc2c(=O)[nH]c(NC(=O)CN3CCCNCCNCCCNCC3)nc21. The fourth-order valence-corrected chi connectivity index (χ4v) is 3.98. The first-order valence-corrected chi connectivity index (χ1v) is 12.5. The molecule has 1 unspecified atom stereocenters. The molecule has 2 aromatic heterocycles. The van der Waals surface area contributed by atoms with Gasteiger partial charge in [0.25, 0.3) is 5.56 Å². The zero-order valence-electron chi connectivity index (χ0n) is 20.4. The van der Waals surface area contributed by atoms with Crippen LogP contribution in [0.25, 0.3) is 11.2 Å². The largest absolute Gasteiger partial charge is 0.396 e. The van der Waals surface area contributed by atoms with Crippen LogP contribution in [0.3, 0.4) is 0 Å². The Kier molecular flexibility index (Phi) is 11.5. The molecular formula is C22H40N10O3. The molecule has 13 nitrogen and oxygen atoms in total. The Morgan fingerprint density at radius 1 is 1.11 bits per heavy atom. The Morgan fingerprint density at radius 2 is 1.86 bits per heavy atom. The molecular weight excluding hydrogens is 452 g/mol. The van der Waals surface area contributed by atoms with Crippen molar-refractivity contribution in [3.8, 4) is 0 Å². The summed E-state index contributed by atoms with van der Waals surface area (Å²) in [5, 5.41) is 22.4. The third kappa shape index (κ3) is 8.94. The number of aliphatic hydroxyl groups excluding tert-OH is 1. The average Bonchev–Trinajstić information content (AvgIpc) is 3.25. The van der Waals surface area contributed by atoms with Crippen LogP contribution < -0.4 is 32.6 Å². The smallest absolute Gasteiger partial charge is 0.280 e. The maximum Gasteiger partial charge on any atom is 0.280 e. The highest BCUT2D eigenvalue weighted by molar-refractivity contribution is 5.91. The summed E-state index contributed by atoms with van der Waals surface area (Å²) in [4.78, 5) is 38.6. The number of anilines is 1. The molecule has 0 radical (unpaired) electrons. The van der Waals surface area contributed by atoms with Crippen LogP contribution in [0.5, 0.6) is 0 Å². The summed E-state index contributed by atoms with van der Waals surface area (Å²) in [5.74, 6) is -0.176. The molecule has 35 heavy (non-hydrogen) atoms. The zero-order valence-corrected chi connectivity index (χ0v) is 20.4. The second-order valence-corrected chi connectivity index (χ2v) is 8.88. The van der Waals surface area contributed by atoms with E-state index in [1.807, 2.05) is 0 Å². The highest BCUT2D eigenvalue weighted by atomic mass is 16.3. The predicted molar refractivity (Wildman–Crippen MR) is 135 cm³/mol. The highest BCUT2D eigenvalue weighted by Crippen LogP contribution is 2.11. The van der Waals surface area contributed by atoms with Crippen molar-refractivity contribution < 1.29 is 9.90 Å². The van der Waals surface area contributed by atoms with E-state index >= 15 is 0 Å². The van der Waals surface area contributed by atoms with Gasteiger partial charge < -0.3 is 31.4 Å². The summed E-state index contributed by atoms with van der Waals surface area (Å²) in [6.45, 7) is 8.13. The minimum atomic E-state index is -0.412. The van der Waals surface area contributed by atoms with E-state index < -0.39 is 5.56 Å². The number of imidazole rings is 1. The number of carbonyl (C=O) groups excluding carboxylic acids is 1. The first kappa shape index (κ1) is 27.2. The lowest BCUT2D eigenvalue weighted by molar-refractivity contribution is -0.117. The molecule has 1 fully saturated rings. The van der Waals surface area contributed by atoms with Gasteiger partial charge in [-0.15, -0.1) is 0 Å². The van der Waals surface area contributed by atoms with Crippen molar-refractivity contribution in [2.45, 2.75) is 25.8 Å². The molecule has 0 aromatic carbocycles. The van der Waals surface area contributed by atoms with E-state index in [0.717, 1.165) is 65.2 Å². The Hall–Kier alpha value is -2.42. The maximum absolute atomic E-state index is 12.8. The number of amides is 1. The molecule has 1 saturated heterocycles. The second-order valence-electron chi connectivity index (χ2n) is 8.88. The van der Waals surface area contributed by atoms with Gasteiger partial charge in [-0.1, -0.05) is 0 Å². The van der Waals surface area contributed by atoms with Gasteiger partial charge in [0, 0.05) is 39.3 Å². The lowest BCUT2D eigenvalue weighted by Gasteiger charge is -2.22. The van der Waals surface area contributed by atoms with Gasteiger partial charge in [0.2, 0.25) is 11.9 Å². The van der Waals surface area contributed by atoms with Crippen LogP contribution >= 0.6 is 0 Å². The van der Waals surface area contributed by atoms with Gasteiger partial charge in [0.15, 0.2) is 11.2 Å². The second kappa shape index (κ2) is 14.9. The molecule has 0 spiro atoms. The maximum atomic E-state index is 12.8. The third-order valence-corrected chi connectivity index (χ3v) is 6.09. The van der Waals surface area contributed by atoms with Crippen LogP contribution in [0, 0.1) is 5.92 Å². The molecule has 1 amide bonds. The molecule has 1 atom stereocenters. The van der Waals surface area contributed by atoms with Crippen LogP contribution in [0.2, 0.25) is 0 Å². The van der Waals surface area contributed by atoms with Crippen molar-refractivity contribution in [1.82, 2.24) is 40.4 Å². The first-order valence-electron chi connectivity index (χ1n) is 12.5. The van der Waals surface area contributed by atoms with Crippen LogP contribution in [0.1, 0.15) is 19.3 Å². The van der Waals surface area contributed by atoms with E-state index in [-0.39, 0.29) is 36.4 Å². The van der Waals surface area contributed by atoms with E-state index in [9.17, 15) is 14.7 Å². The molecule has 0 saturated carbocycles. The van der Waals surface area contributed by atoms with Crippen molar-refractivity contribution in [3.63, 3.8) is 0 Å². The molecule has 3 heterocycles. The number of aromatic nitrogens is 4. The van der Waals surface area contributed by atoms with Crippen molar-refractivity contribution in [3.05, 3.63) is 16.7 Å². The summed E-state index contributed by atoms with van der Waals surface area (Å²) in [7, 11) is 0. The van der Waals surface area contributed by atoms with Gasteiger partial charge in [-0.25, -0.2) is 4.98 Å². The Bertz CT molecular complexity index is 945. The zero-order chi connectivity index (χ0) is 24.9. The number of nitrogens with two attached hydrogens (primary N) is 1. The average molecular weight is 493 g/mol. The van der Waals surface area contributed by atoms with Gasteiger partial charge in [-0.2, -0.15) is 4.98 Å². The topological polar surface area (TPSA) is 178 Å². The standard InChI is InChI=1S/C22H40N10O3/c23-13-17(15-33)3-11-32-16-27-19-20(32)29-22(30-21(19)35)28-18(34)14-31-10-2-6-25-8-7-24-4-1-5-26-9-12-31/h16-17,24-26,33H,1-15,23H2,(H2,28,29,30,34,35). The number of aryl methyl sites for hydroxylation is 1. The molecule has 0 bridgehead atoms. The van der Waals surface area contributed by atoms with Crippen LogP contribution in [-0.4, -0.2) is 107 Å². The molecule has 8 N–H and O–H groups in total. The number of aliphatic hydroxyl groups is 1. The quantitative estimate of drug-likeness (QED) is 0.215. The molecule has 2 aromatic rings. The number of H-pyrrole nitrogens is 1. The van der Waals surface area contributed by atoms with Gasteiger partial charge in [0.1, 0.15) is 0 Å². The summed E-state index contributed by atoms with van der Waals surface area (Å²) in [6.07, 6.45) is 4.17. The Morgan fingerprint density at radius 3 is 2.60 bits per heavy atom. The van der Waals surface area contributed by atoms with E-state index in [4.69, 9.17) is 5.73 Å². The number of carbonyl (C=O) groups is 1. The summed E-state index contributed by atoms with van der Waals surface area (Å²) in [6, 6.07) is 0. The van der Waals surface area contributed by atoms with Crippen LogP contribution in [-0.2, 0) is 11.3 Å². The van der Waals surface area contributed by atoms with Gasteiger partial charge in [-0.3, -0.25) is 24.8 Å². The van der Waals surface area contributed by atoms with E-state index in [1.165, 1.54) is 0 Å². The van der Waals surface area contributed by atoms with Crippen LogP contribution in [0.4, 0.5) is 5.95 Å². The van der Waals surface area contributed by atoms with Crippen molar-refractivity contribution in [1.29, 1.82) is 0 Å². The first-order chi connectivity index (χ1) is 17.1. The minimum absolute atomic E-state index is 0.00224. The van der Waals surface area contributed by atoms with Gasteiger partial charge >= 0.3 is 0 Å². The van der Waals surface area contributed by atoms with Crippen molar-refractivity contribution in [2.75, 3.05) is 77.4 Å². The number of hydrogen-bond donors (Lipinski definition) is 7. The summed E-state index contributed by atoms with van der Waals surface area (Å²) < 4.78 is 1.74. The van der Waals surface area contributed by atoms with Crippen molar-refractivity contribution in [2.24, 2.45) is 11.7 Å². The lowest BCUT2D eigenvalue weighted by atomic mass is 10.1. The Balaban J connectivity index is 1.60. The van der Waals surface area contributed by atoms with Crippen LogP contribution in [0.15, 0.2) is 11.1 Å². The fraction of sp³-hybridized carbons (Fsp3) is 0.727. The number of fused-ring (bicyclic) bond motifs is 1. The van der Waals surface area contributed by atoms with Gasteiger partial charge in [0.05, 0.1) is 12.9 Å². The number of nitrogens with zero attached hydrogens (tertiary/aromatic N) is 4. The van der Waals surface area contributed by atoms with Crippen molar-refractivity contribution >= 4 is 23.0 Å². The minimum Gasteiger partial charge on any atom is -0.396 e. The van der Waals surface area contributed by atoms with E-state index in [2.05, 4.69) is 41.1 Å². The number of rotatable bonds is 8. The predicted octanol–water partition coefficient (Wildman–Crippen LogP) is -2.12. The number of aromatic amines is 1. The number of hydrogen-bond acceptors (Lipinski definition) is 10. The normalized spacial score (nSPS) is 18.2.